The zero-order chi connectivity index (χ0) is 10.1. The summed E-state index contributed by atoms with van der Waals surface area (Å²) in [6.45, 7) is 7.09. The normalized spacial score (nSPS) is 13.6. The van der Waals surface area contributed by atoms with Gasteiger partial charge in [0.2, 0.25) is 0 Å². The van der Waals surface area contributed by atoms with Crippen LogP contribution in [0.2, 0.25) is 0 Å². The third-order valence-electron chi connectivity index (χ3n) is 2.01. The number of halogens is 1. The number of methoxy groups -OCH3 is 1. The van der Waals surface area contributed by atoms with Crippen molar-refractivity contribution in [2.45, 2.75) is 32.1 Å². The maximum atomic E-state index is 6.07. The first-order chi connectivity index (χ1) is 6.18. The smallest absolute Gasteiger partial charge is 0.0483 e. The molecule has 0 rings (SSSR count). The Morgan fingerprint density at radius 2 is 2.00 bits per heavy atom. The molecule has 0 aliphatic rings. The Labute approximate surface area is 87.0 Å². The summed E-state index contributed by atoms with van der Waals surface area (Å²) in [5, 5.41) is 3.59. The van der Waals surface area contributed by atoms with Crippen LogP contribution in [-0.2, 0) is 4.74 Å². The van der Waals surface area contributed by atoms with Gasteiger partial charge in [0.25, 0.3) is 0 Å². The first-order valence-electron chi connectivity index (χ1n) is 5.02. The van der Waals surface area contributed by atoms with Crippen LogP contribution in [0.15, 0.2) is 0 Å². The molecule has 0 fully saturated rings. The summed E-state index contributed by atoms with van der Waals surface area (Å²) >= 11 is 6.07. The standard InChI is InChI=1S/C10H22ClNO/c1-9(2)10(11)8-12-6-4-5-7-13-3/h9-10,12H,4-8H2,1-3H3. The van der Waals surface area contributed by atoms with Crippen LogP contribution >= 0.6 is 11.6 Å². The SMILES string of the molecule is COCCCCNCC(Cl)C(C)C. The van der Waals surface area contributed by atoms with Crippen molar-refractivity contribution in [3.63, 3.8) is 0 Å². The van der Waals surface area contributed by atoms with Gasteiger partial charge in [-0.2, -0.15) is 0 Å². The van der Waals surface area contributed by atoms with Gasteiger partial charge in [-0.1, -0.05) is 13.8 Å². The molecule has 0 bridgehead atoms. The van der Waals surface area contributed by atoms with E-state index < -0.39 is 0 Å². The highest BCUT2D eigenvalue weighted by atomic mass is 35.5. The number of nitrogens with one attached hydrogen (secondary N) is 1. The van der Waals surface area contributed by atoms with Gasteiger partial charge in [-0.25, -0.2) is 0 Å². The van der Waals surface area contributed by atoms with E-state index in [4.69, 9.17) is 16.3 Å². The molecule has 0 amide bonds. The highest BCUT2D eigenvalue weighted by Crippen LogP contribution is 2.07. The topological polar surface area (TPSA) is 21.3 Å². The number of unbranched alkanes of at least 4 members (excludes halogenated alkanes) is 1. The monoisotopic (exact) mass is 207 g/mol. The zero-order valence-electron chi connectivity index (χ0n) is 8.98. The Hall–Kier alpha value is 0.210. The van der Waals surface area contributed by atoms with Crippen molar-refractivity contribution in [1.82, 2.24) is 5.32 Å². The van der Waals surface area contributed by atoms with Gasteiger partial charge in [-0.05, 0) is 25.3 Å². The molecule has 0 spiro atoms. The molecule has 0 aromatic heterocycles. The Bertz CT molecular complexity index is 109. The average molecular weight is 208 g/mol. The first kappa shape index (κ1) is 13.2. The molecule has 0 aliphatic heterocycles. The Kier molecular flexibility index (Phi) is 8.93. The van der Waals surface area contributed by atoms with E-state index in [1.165, 1.54) is 0 Å². The van der Waals surface area contributed by atoms with Crippen molar-refractivity contribution >= 4 is 11.6 Å². The number of rotatable bonds is 8. The fourth-order valence-corrected chi connectivity index (χ4v) is 1.08. The van der Waals surface area contributed by atoms with Crippen LogP contribution in [0.4, 0.5) is 0 Å². The summed E-state index contributed by atoms with van der Waals surface area (Å²) in [6.07, 6.45) is 2.29. The van der Waals surface area contributed by atoms with Crippen LogP contribution in [0.25, 0.3) is 0 Å². The van der Waals surface area contributed by atoms with Gasteiger partial charge in [0.15, 0.2) is 0 Å². The molecule has 0 aliphatic carbocycles. The first-order valence-corrected chi connectivity index (χ1v) is 5.45. The fourth-order valence-electron chi connectivity index (χ4n) is 0.972. The van der Waals surface area contributed by atoms with E-state index in [9.17, 15) is 0 Å². The van der Waals surface area contributed by atoms with E-state index in [2.05, 4.69) is 19.2 Å². The molecule has 1 unspecified atom stereocenters. The minimum atomic E-state index is 0.252. The van der Waals surface area contributed by atoms with Crippen molar-refractivity contribution < 1.29 is 4.74 Å². The Morgan fingerprint density at radius 3 is 2.54 bits per heavy atom. The molecule has 1 N–H and O–H groups in total. The summed E-state index contributed by atoms with van der Waals surface area (Å²) in [5.74, 6) is 0.549. The van der Waals surface area contributed by atoms with Crippen molar-refractivity contribution in [1.29, 1.82) is 0 Å². The zero-order valence-corrected chi connectivity index (χ0v) is 9.73. The Balaban J connectivity index is 3.07. The minimum absolute atomic E-state index is 0.252. The van der Waals surface area contributed by atoms with Gasteiger partial charge in [0.05, 0.1) is 0 Å². The second-order valence-electron chi connectivity index (χ2n) is 3.66. The second kappa shape index (κ2) is 8.79. The summed E-state index contributed by atoms with van der Waals surface area (Å²) in [5.41, 5.74) is 0. The number of hydrogen-bond donors (Lipinski definition) is 1. The van der Waals surface area contributed by atoms with Gasteiger partial charge in [0, 0.05) is 25.6 Å². The lowest BCUT2D eigenvalue weighted by atomic mass is 10.1. The van der Waals surface area contributed by atoms with Crippen LogP contribution in [0.3, 0.4) is 0 Å². The fraction of sp³-hybridized carbons (Fsp3) is 1.00. The van der Waals surface area contributed by atoms with Gasteiger partial charge >= 0.3 is 0 Å². The molecule has 2 nitrogen and oxygen atoms in total. The molecule has 0 aromatic carbocycles. The van der Waals surface area contributed by atoms with Gasteiger partial charge in [-0.15, -0.1) is 11.6 Å². The molecule has 0 aromatic rings. The van der Waals surface area contributed by atoms with E-state index >= 15 is 0 Å². The molecular formula is C10H22ClNO. The lowest BCUT2D eigenvalue weighted by Crippen LogP contribution is -2.27. The van der Waals surface area contributed by atoms with Crippen molar-refractivity contribution in [3.05, 3.63) is 0 Å². The molecule has 0 saturated heterocycles. The van der Waals surface area contributed by atoms with Crippen LogP contribution in [0, 0.1) is 5.92 Å². The van der Waals surface area contributed by atoms with E-state index in [1.54, 1.807) is 7.11 Å². The molecule has 3 heteroatoms. The largest absolute Gasteiger partial charge is 0.385 e. The molecule has 80 valence electrons. The van der Waals surface area contributed by atoms with E-state index in [0.29, 0.717) is 5.92 Å². The number of alkyl halides is 1. The van der Waals surface area contributed by atoms with Gasteiger partial charge in [-0.3, -0.25) is 0 Å². The van der Waals surface area contributed by atoms with Crippen LogP contribution in [0.1, 0.15) is 26.7 Å². The summed E-state index contributed by atoms with van der Waals surface area (Å²) in [4.78, 5) is 0. The summed E-state index contributed by atoms with van der Waals surface area (Å²) < 4.78 is 4.95. The van der Waals surface area contributed by atoms with Crippen LogP contribution in [-0.4, -0.2) is 32.2 Å². The van der Waals surface area contributed by atoms with Crippen LogP contribution in [0.5, 0.6) is 0 Å². The highest BCUT2D eigenvalue weighted by Gasteiger charge is 2.07. The number of ether oxygens (including phenoxy) is 1. The molecule has 0 heterocycles. The lowest BCUT2D eigenvalue weighted by Gasteiger charge is -2.13. The third-order valence-corrected chi connectivity index (χ3v) is 2.67. The molecule has 1 atom stereocenters. The Morgan fingerprint density at radius 1 is 1.31 bits per heavy atom. The van der Waals surface area contributed by atoms with Gasteiger partial charge < -0.3 is 10.1 Å². The molecule has 0 radical (unpaired) electrons. The van der Waals surface area contributed by atoms with E-state index in [-0.39, 0.29) is 5.38 Å². The van der Waals surface area contributed by atoms with Gasteiger partial charge in [0.1, 0.15) is 0 Å². The van der Waals surface area contributed by atoms with Crippen molar-refractivity contribution in [3.8, 4) is 0 Å². The lowest BCUT2D eigenvalue weighted by molar-refractivity contribution is 0.192. The number of hydrogen-bond acceptors (Lipinski definition) is 2. The predicted molar refractivity (Wildman–Crippen MR) is 58.5 cm³/mol. The van der Waals surface area contributed by atoms with E-state index in [0.717, 1.165) is 32.5 Å². The summed E-state index contributed by atoms with van der Waals surface area (Å²) in [7, 11) is 1.74. The predicted octanol–water partition coefficient (Wildman–Crippen LogP) is 2.27. The second-order valence-corrected chi connectivity index (χ2v) is 4.22. The summed E-state index contributed by atoms with van der Waals surface area (Å²) in [6, 6.07) is 0. The highest BCUT2D eigenvalue weighted by molar-refractivity contribution is 6.20. The third kappa shape index (κ3) is 8.54. The molecule has 0 saturated carbocycles. The maximum absolute atomic E-state index is 6.07. The van der Waals surface area contributed by atoms with Crippen molar-refractivity contribution in [2.24, 2.45) is 5.92 Å². The maximum Gasteiger partial charge on any atom is 0.0483 e. The van der Waals surface area contributed by atoms with Crippen LogP contribution < -0.4 is 5.32 Å². The van der Waals surface area contributed by atoms with E-state index in [1.807, 2.05) is 0 Å². The molecule has 13 heavy (non-hydrogen) atoms. The minimum Gasteiger partial charge on any atom is -0.385 e. The average Bonchev–Trinajstić information content (AvgIpc) is 2.10. The quantitative estimate of drug-likeness (QED) is 0.487. The van der Waals surface area contributed by atoms with Crippen molar-refractivity contribution in [2.75, 3.05) is 26.8 Å². The molecular weight excluding hydrogens is 186 g/mol.